The third-order valence-electron chi connectivity index (χ3n) is 6.34. The van der Waals surface area contributed by atoms with Crippen LogP contribution in [0.5, 0.6) is 0 Å². The van der Waals surface area contributed by atoms with Gasteiger partial charge in [0.15, 0.2) is 0 Å². The number of nitrogens with one attached hydrogen (secondary N) is 2. The second-order valence-electron chi connectivity index (χ2n) is 9.06. The molecule has 2 amide bonds. The van der Waals surface area contributed by atoms with Crippen LogP contribution in [0, 0.1) is 5.92 Å². The Labute approximate surface area is 180 Å². The number of likely N-dealkylation sites (tertiary alicyclic amines) is 1. The summed E-state index contributed by atoms with van der Waals surface area (Å²) in [5, 5.41) is 5.93. The van der Waals surface area contributed by atoms with E-state index in [1.54, 1.807) is 0 Å². The van der Waals surface area contributed by atoms with Crippen LogP contribution in [0.4, 0.5) is 4.79 Å². The molecule has 1 saturated heterocycles. The smallest absolute Gasteiger partial charge is 0.408 e. The van der Waals surface area contributed by atoms with Crippen LogP contribution in [0.25, 0.3) is 0 Å². The molecule has 1 heterocycles. The van der Waals surface area contributed by atoms with Crippen LogP contribution in [0.3, 0.4) is 0 Å². The molecule has 2 atom stereocenters. The maximum absolute atomic E-state index is 12.9. The SMILES string of the molecule is CC(C)[C@H](NC(=O)OCc1ccccc1)C(=O)NC1CCN(C2CCCCCC2)C1. The topological polar surface area (TPSA) is 70.7 Å². The lowest BCUT2D eigenvalue weighted by Crippen LogP contribution is -2.52. The predicted molar refractivity (Wildman–Crippen MR) is 118 cm³/mol. The quantitative estimate of drug-likeness (QED) is 0.664. The van der Waals surface area contributed by atoms with Crippen LogP contribution in [-0.2, 0) is 16.1 Å². The van der Waals surface area contributed by atoms with E-state index in [1.165, 1.54) is 38.5 Å². The minimum absolute atomic E-state index is 0.0198. The maximum atomic E-state index is 12.9. The van der Waals surface area contributed by atoms with Crippen LogP contribution in [0.2, 0.25) is 0 Å². The molecule has 0 bridgehead atoms. The second-order valence-corrected chi connectivity index (χ2v) is 9.06. The Kier molecular flexibility index (Phi) is 8.55. The van der Waals surface area contributed by atoms with Gasteiger partial charge in [0.2, 0.25) is 5.91 Å². The normalized spacial score (nSPS) is 21.8. The summed E-state index contributed by atoms with van der Waals surface area (Å²) in [7, 11) is 0. The van der Waals surface area contributed by atoms with Crippen molar-refractivity contribution in [2.75, 3.05) is 13.1 Å². The third kappa shape index (κ3) is 6.73. The van der Waals surface area contributed by atoms with Gasteiger partial charge in [-0.2, -0.15) is 0 Å². The van der Waals surface area contributed by atoms with Crippen LogP contribution < -0.4 is 10.6 Å². The van der Waals surface area contributed by atoms with E-state index in [0.29, 0.717) is 6.04 Å². The summed E-state index contributed by atoms with van der Waals surface area (Å²) in [6.45, 7) is 6.04. The number of hydrogen-bond acceptors (Lipinski definition) is 4. The Balaban J connectivity index is 1.46. The minimum Gasteiger partial charge on any atom is -0.445 e. The zero-order valence-corrected chi connectivity index (χ0v) is 18.4. The summed E-state index contributed by atoms with van der Waals surface area (Å²) < 4.78 is 5.30. The molecule has 166 valence electrons. The number of alkyl carbamates (subject to hydrolysis) is 1. The number of amides is 2. The van der Waals surface area contributed by atoms with Crippen molar-refractivity contribution in [1.29, 1.82) is 0 Å². The number of nitrogens with zero attached hydrogens (tertiary/aromatic N) is 1. The van der Waals surface area contributed by atoms with Gasteiger partial charge < -0.3 is 15.4 Å². The van der Waals surface area contributed by atoms with Crippen molar-refractivity contribution in [1.82, 2.24) is 15.5 Å². The van der Waals surface area contributed by atoms with Crippen molar-refractivity contribution in [3.63, 3.8) is 0 Å². The summed E-state index contributed by atoms with van der Waals surface area (Å²) in [6, 6.07) is 9.76. The van der Waals surface area contributed by atoms with Crippen molar-refractivity contribution in [2.24, 2.45) is 5.92 Å². The average Bonchev–Trinajstić information content (AvgIpc) is 3.03. The Morgan fingerprint density at radius 1 is 1.07 bits per heavy atom. The van der Waals surface area contributed by atoms with Crippen molar-refractivity contribution in [3.05, 3.63) is 35.9 Å². The molecule has 6 heteroatoms. The predicted octanol–water partition coefficient (Wildman–Crippen LogP) is 3.85. The van der Waals surface area contributed by atoms with Gasteiger partial charge in [-0.1, -0.05) is 69.9 Å². The van der Waals surface area contributed by atoms with Gasteiger partial charge >= 0.3 is 6.09 Å². The molecule has 1 aromatic carbocycles. The largest absolute Gasteiger partial charge is 0.445 e. The van der Waals surface area contributed by atoms with Crippen LogP contribution in [0.1, 0.15) is 64.4 Å². The highest BCUT2D eigenvalue weighted by molar-refractivity contribution is 5.86. The molecular formula is C24H37N3O3. The molecule has 3 rings (SSSR count). The van der Waals surface area contributed by atoms with Crippen molar-refractivity contribution in [3.8, 4) is 0 Å². The van der Waals surface area contributed by atoms with Gasteiger partial charge in [0.1, 0.15) is 12.6 Å². The van der Waals surface area contributed by atoms with Crippen LogP contribution in [0.15, 0.2) is 30.3 Å². The van der Waals surface area contributed by atoms with E-state index >= 15 is 0 Å². The molecule has 1 aliphatic heterocycles. The number of rotatable bonds is 7. The fourth-order valence-corrected chi connectivity index (χ4v) is 4.58. The zero-order valence-electron chi connectivity index (χ0n) is 18.4. The summed E-state index contributed by atoms with van der Waals surface area (Å²) in [6.07, 6.45) is 8.34. The molecule has 6 nitrogen and oxygen atoms in total. The van der Waals surface area contributed by atoms with E-state index in [0.717, 1.165) is 25.1 Å². The van der Waals surface area contributed by atoms with E-state index < -0.39 is 12.1 Å². The average molecular weight is 416 g/mol. The molecule has 1 saturated carbocycles. The molecule has 0 radical (unpaired) electrons. The van der Waals surface area contributed by atoms with E-state index in [9.17, 15) is 9.59 Å². The van der Waals surface area contributed by atoms with Crippen molar-refractivity contribution >= 4 is 12.0 Å². The number of carbonyl (C=O) groups excluding carboxylic acids is 2. The highest BCUT2D eigenvalue weighted by atomic mass is 16.5. The van der Waals surface area contributed by atoms with E-state index in [2.05, 4.69) is 15.5 Å². The Bertz CT molecular complexity index is 672. The van der Waals surface area contributed by atoms with Crippen LogP contribution >= 0.6 is 0 Å². The van der Waals surface area contributed by atoms with Gasteiger partial charge in [-0.05, 0) is 30.7 Å². The minimum atomic E-state index is -0.597. The van der Waals surface area contributed by atoms with Gasteiger partial charge in [-0.25, -0.2) is 4.79 Å². The molecule has 1 aliphatic carbocycles. The standard InChI is InChI=1S/C24H37N3O3/c1-18(2)22(26-24(29)30-17-19-10-6-5-7-11-19)23(28)25-20-14-15-27(16-20)21-12-8-3-4-9-13-21/h5-7,10-11,18,20-22H,3-4,8-9,12-17H2,1-2H3,(H,25,28)(H,26,29)/t20?,22-/m0/s1. The van der Waals surface area contributed by atoms with Gasteiger partial charge in [0, 0.05) is 25.2 Å². The number of benzene rings is 1. The summed E-state index contributed by atoms with van der Waals surface area (Å²) in [5.41, 5.74) is 0.919. The number of hydrogen-bond donors (Lipinski definition) is 2. The lowest BCUT2D eigenvalue weighted by atomic mass is 10.0. The second kappa shape index (κ2) is 11.3. The van der Waals surface area contributed by atoms with E-state index in [-0.39, 0.29) is 24.5 Å². The first-order valence-corrected chi connectivity index (χ1v) is 11.5. The zero-order chi connectivity index (χ0) is 21.3. The van der Waals surface area contributed by atoms with E-state index in [1.807, 2.05) is 44.2 Å². The molecule has 0 aromatic heterocycles. The van der Waals surface area contributed by atoms with Gasteiger partial charge in [-0.3, -0.25) is 9.69 Å². The van der Waals surface area contributed by atoms with Gasteiger partial charge in [0.05, 0.1) is 0 Å². The molecular weight excluding hydrogens is 378 g/mol. The first kappa shape index (κ1) is 22.6. The fourth-order valence-electron chi connectivity index (χ4n) is 4.58. The number of ether oxygens (including phenoxy) is 1. The molecule has 1 unspecified atom stereocenters. The van der Waals surface area contributed by atoms with E-state index in [4.69, 9.17) is 4.74 Å². The molecule has 2 aliphatic rings. The maximum Gasteiger partial charge on any atom is 0.408 e. The first-order valence-electron chi connectivity index (χ1n) is 11.5. The third-order valence-corrected chi connectivity index (χ3v) is 6.34. The molecule has 0 spiro atoms. The molecule has 1 aromatic rings. The highest BCUT2D eigenvalue weighted by Gasteiger charge is 2.32. The highest BCUT2D eigenvalue weighted by Crippen LogP contribution is 2.25. The Morgan fingerprint density at radius 2 is 1.77 bits per heavy atom. The van der Waals surface area contributed by atoms with Gasteiger partial charge in [-0.15, -0.1) is 0 Å². The van der Waals surface area contributed by atoms with Crippen LogP contribution in [-0.4, -0.2) is 48.1 Å². The van der Waals surface area contributed by atoms with Crippen molar-refractivity contribution < 1.29 is 14.3 Å². The molecule has 2 fully saturated rings. The summed E-state index contributed by atoms with van der Waals surface area (Å²) in [4.78, 5) is 27.7. The lowest BCUT2D eigenvalue weighted by Gasteiger charge is -2.27. The number of carbonyl (C=O) groups is 2. The lowest BCUT2D eigenvalue weighted by molar-refractivity contribution is -0.124. The first-order chi connectivity index (χ1) is 14.5. The van der Waals surface area contributed by atoms with Gasteiger partial charge in [0.25, 0.3) is 0 Å². The summed E-state index contributed by atoms with van der Waals surface area (Å²) >= 11 is 0. The monoisotopic (exact) mass is 415 g/mol. The Morgan fingerprint density at radius 3 is 2.43 bits per heavy atom. The molecule has 30 heavy (non-hydrogen) atoms. The summed E-state index contributed by atoms with van der Waals surface area (Å²) in [5.74, 6) is -0.136. The van der Waals surface area contributed by atoms with Crippen molar-refractivity contribution in [2.45, 2.75) is 83.5 Å². The molecule has 2 N–H and O–H groups in total. The fraction of sp³-hybridized carbons (Fsp3) is 0.667. The Hall–Kier alpha value is -2.08.